The first-order valence-corrected chi connectivity index (χ1v) is 7.80. The summed E-state index contributed by atoms with van der Waals surface area (Å²) in [6.45, 7) is 1.45. The van der Waals surface area contributed by atoms with Gasteiger partial charge in [-0.15, -0.1) is 23.1 Å². The number of Topliss-reactive ketones (excluding diaryl/α,β-unsaturated/α-hetero) is 1. The summed E-state index contributed by atoms with van der Waals surface area (Å²) in [5.41, 5.74) is 0.0909. The maximum absolute atomic E-state index is 11.3. The zero-order chi connectivity index (χ0) is 13.1. The van der Waals surface area contributed by atoms with Crippen molar-refractivity contribution in [3.05, 3.63) is 21.1 Å². The largest absolute Gasteiger partial charge is 0.294 e. The van der Waals surface area contributed by atoms with Gasteiger partial charge in [-0.2, -0.15) is 0 Å². The molecule has 0 unspecified atom stereocenters. The van der Waals surface area contributed by atoms with E-state index in [9.17, 15) is 14.9 Å². The van der Waals surface area contributed by atoms with Gasteiger partial charge in [-0.25, -0.2) is 0 Å². The first-order chi connectivity index (χ1) is 8.58. The molecule has 98 valence electrons. The summed E-state index contributed by atoms with van der Waals surface area (Å²) < 4.78 is 0.678. The minimum atomic E-state index is -0.389. The second kappa shape index (κ2) is 5.84. The average Bonchev–Trinajstić information content (AvgIpc) is 2.95. The molecule has 1 saturated carbocycles. The van der Waals surface area contributed by atoms with Crippen molar-refractivity contribution in [3.63, 3.8) is 0 Å². The van der Waals surface area contributed by atoms with Gasteiger partial charge in [-0.05, 0) is 25.7 Å². The summed E-state index contributed by atoms with van der Waals surface area (Å²) in [7, 11) is 0. The molecule has 1 aliphatic rings. The zero-order valence-electron chi connectivity index (χ0n) is 10.2. The molecule has 0 aliphatic heterocycles. The van der Waals surface area contributed by atoms with Crippen LogP contribution in [0.2, 0.25) is 0 Å². The predicted molar refractivity (Wildman–Crippen MR) is 73.7 cm³/mol. The third-order valence-electron chi connectivity index (χ3n) is 3.15. The summed E-state index contributed by atoms with van der Waals surface area (Å²) in [5, 5.41) is 10.9. The molecule has 0 saturated heterocycles. The number of nitrogens with zero attached hydrogens (tertiary/aromatic N) is 1. The highest BCUT2D eigenvalue weighted by molar-refractivity contribution is 8.01. The van der Waals surface area contributed by atoms with Gasteiger partial charge in [-0.1, -0.05) is 12.8 Å². The van der Waals surface area contributed by atoms with E-state index in [0.29, 0.717) is 15.0 Å². The van der Waals surface area contributed by atoms with Crippen molar-refractivity contribution >= 4 is 34.6 Å². The van der Waals surface area contributed by atoms with E-state index >= 15 is 0 Å². The summed E-state index contributed by atoms with van der Waals surface area (Å²) in [5.74, 6) is 1.51. The lowest BCUT2D eigenvalue weighted by atomic mass is 10.1. The van der Waals surface area contributed by atoms with Crippen LogP contribution < -0.4 is 0 Å². The molecule has 0 spiro atoms. The third kappa shape index (κ3) is 3.11. The Balaban J connectivity index is 2.09. The van der Waals surface area contributed by atoms with E-state index in [-0.39, 0.29) is 16.4 Å². The zero-order valence-corrected chi connectivity index (χ0v) is 11.8. The molecule has 1 aliphatic carbocycles. The van der Waals surface area contributed by atoms with Crippen LogP contribution in [-0.2, 0) is 0 Å². The Morgan fingerprint density at radius 3 is 2.78 bits per heavy atom. The fourth-order valence-corrected chi connectivity index (χ4v) is 4.60. The van der Waals surface area contributed by atoms with Gasteiger partial charge in [0.2, 0.25) is 0 Å². The van der Waals surface area contributed by atoms with Crippen LogP contribution in [-0.4, -0.2) is 16.5 Å². The number of hydrogen-bond acceptors (Lipinski definition) is 5. The second-order valence-electron chi connectivity index (χ2n) is 4.56. The maximum atomic E-state index is 11.3. The van der Waals surface area contributed by atoms with Crippen molar-refractivity contribution in [2.24, 2.45) is 5.92 Å². The Labute approximate surface area is 114 Å². The van der Waals surface area contributed by atoms with Crippen LogP contribution >= 0.6 is 23.1 Å². The number of nitro groups is 1. The van der Waals surface area contributed by atoms with E-state index < -0.39 is 0 Å². The molecule has 6 heteroatoms. The van der Waals surface area contributed by atoms with Crippen LogP contribution in [0.3, 0.4) is 0 Å². The van der Waals surface area contributed by atoms with Gasteiger partial charge < -0.3 is 0 Å². The number of thiophene rings is 1. The Morgan fingerprint density at radius 1 is 1.56 bits per heavy atom. The molecular weight excluding hydrogens is 270 g/mol. The van der Waals surface area contributed by atoms with E-state index in [1.54, 1.807) is 0 Å². The normalized spacial score (nSPS) is 16.1. The molecule has 1 fully saturated rings. The van der Waals surface area contributed by atoms with Crippen LogP contribution in [0.1, 0.15) is 42.3 Å². The van der Waals surface area contributed by atoms with Crippen molar-refractivity contribution in [2.75, 3.05) is 5.75 Å². The fourth-order valence-electron chi connectivity index (χ4n) is 2.14. The molecule has 0 radical (unpaired) electrons. The smallest absolute Gasteiger partial charge is 0.294 e. The van der Waals surface area contributed by atoms with Crippen molar-refractivity contribution in [1.29, 1.82) is 0 Å². The van der Waals surface area contributed by atoms with E-state index in [2.05, 4.69) is 0 Å². The van der Waals surface area contributed by atoms with Crippen LogP contribution in [0.5, 0.6) is 0 Å². The van der Waals surface area contributed by atoms with Gasteiger partial charge in [0, 0.05) is 11.8 Å². The molecule has 2 rings (SSSR count). The summed E-state index contributed by atoms with van der Waals surface area (Å²) in [6.07, 6.45) is 5.00. The summed E-state index contributed by atoms with van der Waals surface area (Å²) in [6, 6.07) is 1.41. The Kier molecular flexibility index (Phi) is 4.40. The standard InChI is InChI=1S/C12H15NO3S2/c1-8(14)11-6-10(13(15)16)12(18-11)17-7-9-4-2-3-5-9/h6,9H,2-5,7H2,1H3. The van der Waals surface area contributed by atoms with Crippen molar-refractivity contribution in [1.82, 2.24) is 0 Å². The number of ketones is 1. The van der Waals surface area contributed by atoms with Gasteiger partial charge in [0.25, 0.3) is 5.69 Å². The molecule has 1 aromatic rings. The van der Waals surface area contributed by atoms with Crippen molar-refractivity contribution < 1.29 is 9.72 Å². The minimum Gasteiger partial charge on any atom is -0.294 e. The highest BCUT2D eigenvalue weighted by Gasteiger charge is 2.23. The molecule has 0 N–H and O–H groups in total. The Hall–Kier alpha value is -0.880. The van der Waals surface area contributed by atoms with Crippen LogP contribution in [0.15, 0.2) is 10.3 Å². The first-order valence-electron chi connectivity index (χ1n) is 6.00. The molecule has 0 amide bonds. The molecular formula is C12H15NO3S2. The van der Waals surface area contributed by atoms with E-state index in [1.165, 1.54) is 61.8 Å². The van der Waals surface area contributed by atoms with Crippen LogP contribution in [0, 0.1) is 16.0 Å². The average molecular weight is 285 g/mol. The van der Waals surface area contributed by atoms with E-state index in [4.69, 9.17) is 0 Å². The van der Waals surface area contributed by atoms with E-state index in [1.807, 2.05) is 0 Å². The van der Waals surface area contributed by atoms with Gasteiger partial charge in [-0.3, -0.25) is 14.9 Å². The summed E-state index contributed by atoms with van der Waals surface area (Å²) >= 11 is 2.79. The molecule has 0 aromatic carbocycles. The lowest BCUT2D eigenvalue weighted by molar-refractivity contribution is -0.387. The highest BCUT2D eigenvalue weighted by Crippen LogP contribution is 2.40. The molecule has 1 heterocycles. The van der Waals surface area contributed by atoms with Gasteiger partial charge >= 0.3 is 0 Å². The van der Waals surface area contributed by atoms with Gasteiger partial charge in [0.1, 0.15) is 4.21 Å². The molecule has 1 aromatic heterocycles. The quantitative estimate of drug-likeness (QED) is 0.353. The molecule has 18 heavy (non-hydrogen) atoms. The molecule has 0 bridgehead atoms. The number of rotatable bonds is 5. The highest BCUT2D eigenvalue weighted by atomic mass is 32.2. The number of thioether (sulfide) groups is 1. The fraction of sp³-hybridized carbons (Fsp3) is 0.583. The monoisotopic (exact) mass is 285 g/mol. The Bertz CT molecular complexity index is 464. The second-order valence-corrected chi connectivity index (χ2v) is 6.90. The van der Waals surface area contributed by atoms with Crippen molar-refractivity contribution in [3.8, 4) is 0 Å². The van der Waals surface area contributed by atoms with Gasteiger partial charge in [0.05, 0.1) is 9.80 Å². The number of hydrogen-bond donors (Lipinski definition) is 0. The topological polar surface area (TPSA) is 60.2 Å². The lowest BCUT2D eigenvalue weighted by Crippen LogP contribution is -1.96. The SMILES string of the molecule is CC(=O)c1cc([N+](=O)[O-])c(SCC2CCCC2)s1. The van der Waals surface area contributed by atoms with E-state index in [0.717, 1.165) is 5.75 Å². The Morgan fingerprint density at radius 2 is 2.22 bits per heavy atom. The predicted octanol–water partition coefficient (Wildman–Crippen LogP) is 4.14. The number of carbonyl (C=O) groups excluding carboxylic acids is 1. The molecule has 0 atom stereocenters. The first kappa shape index (κ1) is 13.5. The lowest BCUT2D eigenvalue weighted by Gasteiger charge is -2.05. The maximum Gasteiger partial charge on any atom is 0.294 e. The number of carbonyl (C=O) groups is 1. The minimum absolute atomic E-state index is 0.0909. The van der Waals surface area contributed by atoms with Crippen molar-refractivity contribution in [2.45, 2.75) is 36.8 Å². The van der Waals surface area contributed by atoms with Crippen LogP contribution in [0.4, 0.5) is 5.69 Å². The third-order valence-corrected chi connectivity index (χ3v) is 5.88. The van der Waals surface area contributed by atoms with Gasteiger partial charge in [0.15, 0.2) is 5.78 Å². The molecule has 4 nitrogen and oxygen atoms in total. The summed E-state index contributed by atoms with van der Waals surface area (Å²) in [4.78, 5) is 22.3. The van der Waals surface area contributed by atoms with Crippen LogP contribution in [0.25, 0.3) is 0 Å².